The van der Waals surface area contributed by atoms with Crippen molar-refractivity contribution < 1.29 is 50.1 Å². The summed E-state index contributed by atoms with van der Waals surface area (Å²) in [7, 11) is 0. The number of aliphatic carboxylic acids is 3. The van der Waals surface area contributed by atoms with Crippen LogP contribution in [0, 0.1) is 0 Å². The van der Waals surface area contributed by atoms with Crippen molar-refractivity contribution in [2.45, 2.75) is 77.3 Å². The van der Waals surface area contributed by atoms with Crippen molar-refractivity contribution in [3.05, 3.63) is 0 Å². The van der Waals surface area contributed by atoms with Gasteiger partial charge in [-0.15, -0.1) is 0 Å². The Morgan fingerprint density at radius 2 is 1.20 bits per heavy atom. The number of carboxylic acids is 3. The molecule has 10 heteroatoms. The lowest BCUT2D eigenvalue weighted by Gasteiger charge is -2.06. The van der Waals surface area contributed by atoms with Gasteiger partial charge in [0.1, 0.15) is 0 Å². The number of carbonyl (C=O) groups is 3. The number of aliphatic hydroxyl groups excluding tert-OH is 1. The van der Waals surface area contributed by atoms with Crippen LogP contribution in [0.25, 0.3) is 0 Å². The molecule has 0 bridgehead atoms. The van der Waals surface area contributed by atoms with E-state index in [9.17, 15) is 14.4 Å². The average Bonchev–Trinajstić information content (AvgIpc) is 2.43. The number of hydrogen-bond acceptors (Lipinski definition) is 7. The Balaban J connectivity index is -0.000000296. The lowest BCUT2D eigenvalue weighted by molar-refractivity contribution is -0.196. The Labute approximate surface area is 146 Å². The molecule has 0 aliphatic rings. The van der Waals surface area contributed by atoms with Crippen LogP contribution in [-0.2, 0) is 14.4 Å². The van der Waals surface area contributed by atoms with E-state index in [2.05, 4.69) is 6.92 Å². The molecule has 7 N–H and O–H groups in total. The van der Waals surface area contributed by atoms with Crippen LogP contribution < -0.4 is 0 Å². The predicted molar refractivity (Wildman–Crippen MR) is 86.6 cm³/mol. The van der Waals surface area contributed by atoms with E-state index in [1.54, 1.807) is 0 Å². The molecule has 0 spiro atoms. The van der Waals surface area contributed by atoms with Gasteiger partial charge in [-0.25, -0.2) is 4.79 Å². The number of hydrogen-bond donors (Lipinski definition) is 7. The van der Waals surface area contributed by atoms with Gasteiger partial charge in [0, 0.05) is 19.8 Å². The second kappa shape index (κ2) is 17.1. The van der Waals surface area contributed by atoms with Crippen molar-refractivity contribution in [3.63, 3.8) is 0 Å². The third kappa shape index (κ3) is 34.6. The van der Waals surface area contributed by atoms with E-state index in [0.717, 1.165) is 26.2 Å². The number of unbranched alkanes of at least 4 members (excludes halogenated alkanes) is 3. The van der Waals surface area contributed by atoms with Crippen LogP contribution in [0.1, 0.15) is 65.2 Å². The van der Waals surface area contributed by atoms with Crippen LogP contribution in [0.15, 0.2) is 0 Å². The molecule has 0 saturated carbocycles. The highest BCUT2D eigenvalue weighted by Gasteiger charge is 2.24. The van der Waals surface area contributed by atoms with Gasteiger partial charge in [0.25, 0.3) is 5.79 Å². The van der Waals surface area contributed by atoms with Gasteiger partial charge in [0.15, 0.2) is 6.29 Å². The zero-order valence-corrected chi connectivity index (χ0v) is 14.6. The van der Waals surface area contributed by atoms with Gasteiger partial charge < -0.3 is 35.7 Å². The first-order valence-corrected chi connectivity index (χ1v) is 7.82. The smallest absolute Gasteiger partial charge is 0.363 e. The normalized spacial score (nSPS) is 10.2. The molecule has 0 aliphatic heterocycles. The van der Waals surface area contributed by atoms with Crippen LogP contribution in [-0.4, -0.2) is 65.7 Å². The fourth-order valence-corrected chi connectivity index (χ4v) is 1.13. The standard InChI is InChI=1S/C6H10O4.C6H14O2.C3H6O4/c7-5(8)3-1-2-4-6(9)10;1-2-3-4-5-6(7)8;1-3(6,7)2(4)5/h1-4H2,(H,7,8)(H,9,10);6-8H,2-5H2,1H3;6-7H,1H3,(H,4,5). The van der Waals surface area contributed by atoms with Gasteiger partial charge in [0.05, 0.1) is 0 Å². The van der Waals surface area contributed by atoms with E-state index in [0.29, 0.717) is 19.3 Å². The van der Waals surface area contributed by atoms with Crippen molar-refractivity contribution in [1.82, 2.24) is 0 Å². The molecular formula is C15H30O10. The fraction of sp³-hybridized carbons (Fsp3) is 0.800. The van der Waals surface area contributed by atoms with Crippen molar-refractivity contribution in [2.75, 3.05) is 0 Å². The van der Waals surface area contributed by atoms with Crippen LogP contribution >= 0.6 is 0 Å². The summed E-state index contributed by atoms with van der Waals surface area (Å²) < 4.78 is 0. The van der Waals surface area contributed by atoms with Gasteiger partial charge in [-0.1, -0.05) is 19.8 Å². The van der Waals surface area contributed by atoms with Crippen LogP contribution in [0.4, 0.5) is 0 Å². The van der Waals surface area contributed by atoms with E-state index in [1.165, 1.54) is 0 Å². The molecule has 0 heterocycles. The molecule has 0 atom stereocenters. The van der Waals surface area contributed by atoms with Crippen LogP contribution in [0.3, 0.4) is 0 Å². The first-order chi connectivity index (χ1) is 11.3. The van der Waals surface area contributed by atoms with Crippen LogP contribution in [0.5, 0.6) is 0 Å². The molecule has 0 rings (SSSR count). The maximum Gasteiger partial charge on any atom is 0.363 e. The maximum absolute atomic E-state index is 9.90. The highest BCUT2D eigenvalue weighted by atomic mass is 16.5. The summed E-state index contributed by atoms with van der Waals surface area (Å²) in [5.74, 6) is -5.97. The largest absolute Gasteiger partial charge is 0.481 e. The van der Waals surface area contributed by atoms with Crippen molar-refractivity contribution >= 4 is 17.9 Å². The molecule has 0 radical (unpaired) electrons. The first kappa shape index (κ1) is 28.1. The molecule has 0 saturated heterocycles. The lowest BCUT2D eigenvalue weighted by Crippen LogP contribution is -2.33. The molecule has 10 nitrogen and oxygen atoms in total. The number of aliphatic hydroxyl groups is 4. The van der Waals surface area contributed by atoms with Gasteiger partial charge in [0.2, 0.25) is 0 Å². The van der Waals surface area contributed by atoms with E-state index >= 15 is 0 Å². The second-order valence-corrected chi connectivity index (χ2v) is 5.30. The van der Waals surface area contributed by atoms with E-state index < -0.39 is 30.0 Å². The minimum absolute atomic E-state index is 0.0628. The molecule has 150 valence electrons. The van der Waals surface area contributed by atoms with E-state index in [1.807, 2.05) is 0 Å². The zero-order valence-electron chi connectivity index (χ0n) is 14.6. The highest BCUT2D eigenvalue weighted by molar-refractivity contribution is 5.74. The Bertz CT molecular complexity index is 344. The second-order valence-electron chi connectivity index (χ2n) is 5.30. The average molecular weight is 370 g/mol. The number of rotatable bonds is 10. The third-order valence-corrected chi connectivity index (χ3v) is 2.50. The van der Waals surface area contributed by atoms with E-state index in [4.69, 9.17) is 35.7 Å². The monoisotopic (exact) mass is 370 g/mol. The lowest BCUT2D eigenvalue weighted by atomic mass is 10.2. The molecule has 0 aromatic carbocycles. The molecule has 0 amide bonds. The molecule has 0 fully saturated rings. The summed E-state index contributed by atoms with van der Waals surface area (Å²) in [5.41, 5.74) is 0. The van der Waals surface area contributed by atoms with E-state index in [-0.39, 0.29) is 12.8 Å². The molecule has 0 aliphatic carbocycles. The van der Waals surface area contributed by atoms with Gasteiger partial charge in [-0.05, 0) is 25.7 Å². The summed E-state index contributed by atoms with van der Waals surface area (Å²) in [5, 5.41) is 56.8. The van der Waals surface area contributed by atoms with Gasteiger partial charge in [-0.2, -0.15) is 0 Å². The first-order valence-electron chi connectivity index (χ1n) is 7.82. The van der Waals surface area contributed by atoms with Gasteiger partial charge in [-0.3, -0.25) is 9.59 Å². The van der Waals surface area contributed by atoms with Crippen molar-refractivity contribution in [1.29, 1.82) is 0 Å². The molecular weight excluding hydrogens is 340 g/mol. The minimum atomic E-state index is -2.58. The molecule has 25 heavy (non-hydrogen) atoms. The molecule has 0 unspecified atom stereocenters. The summed E-state index contributed by atoms with van der Waals surface area (Å²) in [6, 6.07) is 0. The Morgan fingerprint density at radius 1 is 0.840 bits per heavy atom. The number of carboxylic acid groups (broad SMARTS) is 3. The topological polar surface area (TPSA) is 193 Å². The summed E-state index contributed by atoms with van der Waals surface area (Å²) in [6.07, 6.45) is 3.59. The summed E-state index contributed by atoms with van der Waals surface area (Å²) in [4.78, 5) is 29.3. The Kier molecular flexibility index (Phi) is 19.2. The fourth-order valence-electron chi connectivity index (χ4n) is 1.13. The maximum atomic E-state index is 9.90. The predicted octanol–water partition coefficient (Wildman–Crippen LogP) is 0.365. The van der Waals surface area contributed by atoms with Crippen molar-refractivity contribution in [2.24, 2.45) is 0 Å². The van der Waals surface area contributed by atoms with Gasteiger partial charge >= 0.3 is 17.9 Å². The third-order valence-electron chi connectivity index (χ3n) is 2.50. The van der Waals surface area contributed by atoms with Crippen LogP contribution in [0.2, 0.25) is 0 Å². The Morgan fingerprint density at radius 3 is 1.40 bits per heavy atom. The molecule has 0 aromatic heterocycles. The summed E-state index contributed by atoms with van der Waals surface area (Å²) in [6.45, 7) is 2.86. The molecule has 0 aromatic rings. The highest BCUT2D eigenvalue weighted by Crippen LogP contribution is 2.00. The quantitative estimate of drug-likeness (QED) is 0.208. The SMILES string of the molecule is CC(O)(O)C(=O)O.CCCCCC(O)O.O=C(O)CCCCC(=O)O. The Hall–Kier alpha value is -1.75. The minimum Gasteiger partial charge on any atom is -0.481 e. The zero-order chi connectivity index (χ0) is 20.5. The summed E-state index contributed by atoms with van der Waals surface area (Å²) >= 11 is 0. The van der Waals surface area contributed by atoms with Crippen molar-refractivity contribution in [3.8, 4) is 0 Å².